The Hall–Kier alpha value is -1.14. The number of thiazole rings is 1. The van der Waals surface area contributed by atoms with Crippen LogP contribution < -0.4 is 5.32 Å². The highest BCUT2D eigenvalue weighted by Gasteiger charge is 2.29. The second-order valence-corrected chi connectivity index (χ2v) is 6.59. The Bertz CT molecular complexity index is 459. The van der Waals surface area contributed by atoms with E-state index in [-0.39, 0.29) is 0 Å². The maximum absolute atomic E-state index is 11.2. The van der Waals surface area contributed by atoms with Crippen LogP contribution in [0.25, 0.3) is 0 Å². The first-order valence-corrected chi connectivity index (χ1v) is 7.93. The molecular formula is C14H22N2O3S. The normalized spacial score (nSPS) is 18.1. The molecule has 0 spiro atoms. The van der Waals surface area contributed by atoms with Gasteiger partial charge in [-0.2, -0.15) is 0 Å². The molecule has 0 fully saturated rings. The first-order chi connectivity index (χ1) is 9.58. The molecule has 2 N–H and O–H groups in total. The zero-order valence-electron chi connectivity index (χ0n) is 12.0. The number of carbonyl (C=O) groups is 1. The van der Waals surface area contributed by atoms with Gasteiger partial charge in [0.15, 0.2) is 5.13 Å². The molecule has 1 heterocycles. The Balaban J connectivity index is 1.86. The Morgan fingerprint density at radius 2 is 2.40 bits per heavy atom. The Labute approximate surface area is 123 Å². The van der Waals surface area contributed by atoms with Crippen molar-refractivity contribution in [1.82, 2.24) is 4.98 Å². The molecule has 1 aromatic heterocycles. The minimum absolute atomic E-state index is 0.428. The molecule has 5 nitrogen and oxygen atoms in total. The molecule has 6 heteroatoms. The van der Waals surface area contributed by atoms with Crippen molar-refractivity contribution < 1.29 is 14.6 Å². The summed E-state index contributed by atoms with van der Waals surface area (Å²) in [5.74, 6) is -0.649. The number of carboxylic acid groups (broad SMARTS) is 1. The molecular weight excluding hydrogens is 276 g/mol. The lowest BCUT2D eigenvalue weighted by molar-refractivity contribution is -0.139. The molecule has 112 valence electrons. The van der Waals surface area contributed by atoms with Gasteiger partial charge in [-0.05, 0) is 25.2 Å². The number of nitrogens with zero attached hydrogens (tertiary/aromatic N) is 1. The third kappa shape index (κ3) is 3.93. The molecule has 1 atom stereocenters. The second-order valence-electron chi connectivity index (χ2n) is 5.51. The molecule has 0 amide bonds. The highest BCUT2D eigenvalue weighted by atomic mass is 32.1. The number of rotatable bonds is 7. The van der Waals surface area contributed by atoms with Crippen LogP contribution in [0.3, 0.4) is 0 Å². The van der Waals surface area contributed by atoms with Crippen molar-refractivity contribution in [3.63, 3.8) is 0 Å². The molecule has 1 aromatic rings. The number of nitrogens with one attached hydrogen (secondary N) is 1. The van der Waals surface area contributed by atoms with Gasteiger partial charge in [0.1, 0.15) is 5.92 Å². The summed E-state index contributed by atoms with van der Waals surface area (Å²) in [6.07, 6.45) is 2.58. The summed E-state index contributed by atoms with van der Waals surface area (Å²) < 4.78 is 5.50. The predicted octanol–water partition coefficient (Wildman–Crippen LogP) is 2.73. The van der Waals surface area contributed by atoms with Crippen molar-refractivity contribution in [3.05, 3.63) is 10.6 Å². The van der Waals surface area contributed by atoms with E-state index in [2.05, 4.69) is 24.1 Å². The summed E-state index contributed by atoms with van der Waals surface area (Å²) >= 11 is 1.58. The van der Waals surface area contributed by atoms with Crippen LogP contribution in [0.5, 0.6) is 0 Å². The molecule has 0 bridgehead atoms. The first-order valence-electron chi connectivity index (χ1n) is 7.12. The van der Waals surface area contributed by atoms with E-state index >= 15 is 0 Å². The summed E-state index contributed by atoms with van der Waals surface area (Å²) in [5.41, 5.74) is 0.763. The van der Waals surface area contributed by atoms with Gasteiger partial charge in [-0.15, -0.1) is 11.3 Å². The van der Waals surface area contributed by atoms with E-state index in [0.717, 1.165) is 35.2 Å². The molecule has 1 aliphatic rings. The largest absolute Gasteiger partial charge is 0.481 e. The fourth-order valence-electron chi connectivity index (χ4n) is 2.28. The minimum Gasteiger partial charge on any atom is -0.481 e. The number of carboxylic acids is 1. The van der Waals surface area contributed by atoms with Crippen LogP contribution in [0.1, 0.15) is 43.2 Å². The van der Waals surface area contributed by atoms with Gasteiger partial charge in [0.2, 0.25) is 0 Å². The Morgan fingerprint density at radius 1 is 1.60 bits per heavy atom. The van der Waals surface area contributed by atoms with Crippen LogP contribution in [-0.2, 0) is 16.0 Å². The number of hydrogen-bond acceptors (Lipinski definition) is 5. The highest BCUT2D eigenvalue weighted by Crippen LogP contribution is 2.36. The quantitative estimate of drug-likeness (QED) is 0.757. The van der Waals surface area contributed by atoms with Crippen LogP contribution in [-0.4, -0.2) is 35.8 Å². The summed E-state index contributed by atoms with van der Waals surface area (Å²) in [6, 6.07) is 0. The van der Waals surface area contributed by atoms with Crippen molar-refractivity contribution in [2.75, 3.05) is 25.1 Å². The van der Waals surface area contributed by atoms with Gasteiger partial charge in [0, 0.05) is 18.0 Å². The van der Waals surface area contributed by atoms with Crippen LogP contribution >= 0.6 is 11.3 Å². The lowest BCUT2D eigenvalue weighted by Crippen LogP contribution is -2.17. The molecule has 0 aliphatic heterocycles. The number of anilines is 1. The smallest absolute Gasteiger partial charge is 0.312 e. The van der Waals surface area contributed by atoms with E-state index < -0.39 is 11.9 Å². The Kier molecular flexibility index (Phi) is 5.37. The second kappa shape index (κ2) is 7.04. The third-order valence-corrected chi connectivity index (χ3v) is 4.31. The average Bonchev–Trinajstić information content (AvgIpc) is 2.80. The van der Waals surface area contributed by atoms with E-state index in [1.54, 1.807) is 11.3 Å². The van der Waals surface area contributed by atoms with Gasteiger partial charge in [0.05, 0.1) is 12.3 Å². The lowest BCUT2D eigenvalue weighted by atomic mass is 9.91. The van der Waals surface area contributed by atoms with E-state index in [9.17, 15) is 9.90 Å². The molecule has 0 saturated heterocycles. The van der Waals surface area contributed by atoms with Crippen LogP contribution in [0.2, 0.25) is 0 Å². The fourth-order valence-corrected chi connectivity index (χ4v) is 3.37. The molecule has 0 radical (unpaired) electrons. The summed E-state index contributed by atoms with van der Waals surface area (Å²) in [4.78, 5) is 16.8. The number of ether oxygens (including phenoxy) is 1. The van der Waals surface area contributed by atoms with Gasteiger partial charge in [0.25, 0.3) is 0 Å². The third-order valence-electron chi connectivity index (χ3n) is 3.23. The van der Waals surface area contributed by atoms with E-state index in [0.29, 0.717) is 25.5 Å². The van der Waals surface area contributed by atoms with Crippen molar-refractivity contribution in [1.29, 1.82) is 0 Å². The van der Waals surface area contributed by atoms with Gasteiger partial charge < -0.3 is 15.2 Å². The average molecular weight is 298 g/mol. The van der Waals surface area contributed by atoms with Crippen LogP contribution in [0.15, 0.2) is 0 Å². The summed E-state index contributed by atoms with van der Waals surface area (Å²) in [6.45, 7) is 6.35. The van der Waals surface area contributed by atoms with E-state index in [4.69, 9.17) is 4.74 Å². The lowest BCUT2D eigenvalue weighted by Gasteiger charge is -2.16. The van der Waals surface area contributed by atoms with Crippen LogP contribution in [0.4, 0.5) is 5.13 Å². The molecule has 0 saturated carbocycles. The zero-order valence-corrected chi connectivity index (χ0v) is 12.8. The fraction of sp³-hybridized carbons (Fsp3) is 0.714. The molecule has 20 heavy (non-hydrogen) atoms. The number of aromatic nitrogens is 1. The van der Waals surface area contributed by atoms with Gasteiger partial charge >= 0.3 is 5.97 Å². The maximum atomic E-state index is 11.2. The zero-order chi connectivity index (χ0) is 14.5. The number of aryl methyl sites for hydroxylation is 1. The monoisotopic (exact) mass is 298 g/mol. The topological polar surface area (TPSA) is 71.5 Å². The van der Waals surface area contributed by atoms with Crippen LogP contribution in [0, 0.1) is 5.92 Å². The molecule has 0 aromatic carbocycles. The van der Waals surface area contributed by atoms with Crippen molar-refractivity contribution in [3.8, 4) is 0 Å². The highest BCUT2D eigenvalue weighted by molar-refractivity contribution is 7.15. The maximum Gasteiger partial charge on any atom is 0.312 e. The summed E-state index contributed by atoms with van der Waals surface area (Å²) in [5, 5.41) is 13.3. The first kappa shape index (κ1) is 15.3. The SMILES string of the molecule is CC(C)COCCNc1nc2c(s1)CCCC2C(=O)O. The standard InChI is InChI=1S/C14H22N2O3S/c1-9(2)8-19-7-6-15-14-16-12-10(13(17)18)4-3-5-11(12)20-14/h9-10H,3-8H2,1-2H3,(H,15,16)(H,17,18). The van der Waals surface area contributed by atoms with Gasteiger partial charge in [-0.1, -0.05) is 13.8 Å². The number of hydrogen-bond donors (Lipinski definition) is 2. The van der Waals surface area contributed by atoms with Crippen molar-refractivity contribution >= 4 is 22.4 Å². The van der Waals surface area contributed by atoms with Crippen molar-refractivity contribution in [2.45, 2.75) is 39.0 Å². The molecule has 1 unspecified atom stereocenters. The van der Waals surface area contributed by atoms with E-state index in [1.165, 1.54) is 0 Å². The molecule has 1 aliphatic carbocycles. The summed E-state index contributed by atoms with van der Waals surface area (Å²) in [7, 11) is 0. The van der Waals surface area contributed by atoms with Crippen molar-refractivity contribution in [2.24, 2.45) is 5.92 Å². The minimum atomic E-state index is -0.761. The Morgan fingerprint density at radius 3 is 3.10 bits per heavy atom. The number of fused-ring (bicyclic) bond motifs is 1. The molecule has 2 rings (SSSR count). The van der Waals surface area contributed by atoms with Gasteiger partial charge in [-0.3, -0.25) is 4.79 Å². The predicted molar refractivity (Wildman–Crippen MR) is 79.6 cm³/mol. The van der Waals surface area contributed by atoms with E-state index in [1.807, 2.05) is 0 Å². The van der Waals surface area contributed by atoms with Gasteiger partial charge in [-0.25, -0.2) is 4.98 Å². The number of aliphatic carboxylic acids is 1.